The minimum Gasteiger partial charge on any atom is -0.355 e. The molecule has 4 heterocycles. The van der Waals surface area contributed by atoms with Gasteiger partial charge in [-0.2, -0.15) is 5.10 Å². The Balaban J connectivity index is 1.40. The highest BCUT2D eigenvalue weighted by atomic mass is 16.1. The number of piperidine rings is 1. The van der Waals surface area contributed by atoms with Gasteiger partial charge in [-0.3, -0.25) is 14.9 Å². The monoisotopic (exact) mass is 451 g/mol. The third-order valence-electron chi connectivity index (χ3n) is 6.70. The molecule has 170 valence electrons. The van der Waals surface area contributed by atoms with Crippen molar-refractivity contribution in [3.63, 3.8) is 0 Å². The summed E-state index contributed by atoms with van der Waals surface area (Å²) in [6.07, 6.45) is 7.28. The lowest BCUT2D eigenvalue weighted by Crippen LogP contribution is -2.40. The van der Waals surface area contributed by atoms with Crippen molar-refractivity contribution in [1.82, 2.24) is 24.7 Å². The fourth-order valence-corrected chi connectivity index (χ4v) is 4.66. The topological polar surface area (TPSA) is 106 Å². The first-order valence-electron chi connectivity index (χ1n) is 11.5. The Morgan fingerprint density at radius 3 is 2.65 bits per heavy atom. The quantitative estimate of drug-likeness (QED) is 0.435. The fraction of sp³-hybridized carbons (Fsp3) is 0.231. The second-order valence-electron chi connectivity index (χ2n) is 8.95. The van der Waals surface area contributed by atoms with Crippen LogP contribution in [0.25, 0.3) is 44.2 Å². The molecule has 0 aliphatic carbocycles. The summed E-state index contributed by atoms with van der Waals surface area (Å²) in [6.45, 7) is 1.77. The third kappa shape index (κ3) is 3.52. The lowest BCUT2D eigenvalue weighted by molar-refractivity contribution is 0.498. The molecule has 34 heavy (non-hydrogen) atoms. The summed E-state index contributed by atoms with van der Waals surface area (Å²) < 4.78 is 1.60. The Kier molecular flexibility index (Phi) is 4.88. The van der Waals surface area contributed by atoms with Crippen molar-refractivity contribution in [3.8, 4) is 22.5 Å². The molecule has 1 saturated heterocycles. The summed E-state index contributed by atoms with van der Waals surface area (Å²) in [7, 11) is 1.77. The van der Waals surface area contributed by atoms with E-state index in [4.69, 9.17) is 10.7 Å². The van der Waals surface area contributed by atoms with E-state index < -0.39 is 0 Å². The van der Waals surface area contributed by atoms with Gasteiger partial charge in [0, 0.05) is 43.1 Å². The van der Waals surface area contributed by atoms with E-state index in [1.54, 1.807) is 30.2 Å². The van der Waals surface area contributed by atoms with Crippen LogP contribution in [-0.2, 0) is 7.05 Å². The molecule has 0 spiro atoms. The van der Waals surface area contributed by atoms with E-state index in [0.717, 1.165) is 70.6 Å². The fourth-order valence-electron chi connectivity index (χ4n) is 4.66. The summed E-state index contributed by atoms with van der Waals surface area (Å²) in [5, 5.41) is 10.3. The van der Waals surface area contributed by atoms with Gasteiger partial charge in [-0.25, -0.2) is 4.98 Å². The number of aromatic amines is 1. The number of H-pyrrole nitrogens is 1. The van der Waals surface area contributed by atoms with Gasteiger partial charge < -0.3 is 15.2 Å². The largest absolute Gasteiger partial charge is 0.355 e. The standard InChI is InChI=1S/C26H25N7O/c1-32-9-6-18-12-16(2-4-20(18)26(32)34)17-3-5-22-21(13-17)25(31-30-22)23-14-28-15-24(29-23)33-10-7-19(27)8-11-33/h2-6,9,12-15,19H,7-8,10-11,27H2,1H3,(H,30,31). The number of rotatable bonds is 3. The van der Waals surface area contributed by atoms with Crippen molar-refractivity contribution in [3.05, 3.63) is 71.4 Å². The molecule has 0 bridgehead atoms. The van der Waals surface area contributed by atoms with Gasteiger partial charge in [0.25, 0.3) is 5.56 Å². The van der Waals surface area contributed by atoms with Crippen molar-refractivity contribution >= 4 is 27.5 Å². The molecule has 8 nitrogen and oxygen atoms in total. The number of hydrogen-bond acceptors (Lipinski definition) is 6. The second-order valence-corrected chi connectivity index (χ2v) is 8.95. The lowest BCUT2D eigenvalue weighted by Gasteiger charge is -2.30. The molecule has 0 saturated carbocycles. The Bertz CT molecular complexity index is 1580. The molecule has 0 unspecified atom stereocenters. The van der Waals surface area contributed by atoms with Crippen LogP contribution in [0.4, 0.5) is 5.82 Å². The summed E-state index contributed by atoms with van der Waals surface area (Å²) in [5.74, 6) is 0.854. The number of fused-ring (bicyclic) bond motifs is 2. The number of anilines is 1. The van der Waals surface area contributed by atoms with Crippen LogP contribution in [0, 0.1) is 0 Å². The van der Waals surface area contributed by atoms with Crippen molar-refractivity contribution in [2.24, 2.45) is 12.8 Å². The van der Waals surface area contributed by atoms with Crippen LogP contribution in [-0.4, -0.2) is 43.9 Å². The highest BCUT2D eigenvalue weighted by Gasteiger charge is 2.19. The molecule has 5 aromatic rings. The molecule has 3 aromatic heterocycles. The van der Waals surface area contributed by atoms with E-state index in [9.17, 15) is 4.79 Å². The SMILES string of the molecule is Cn1ccc2cc(-c3ccc4[nH]nc(-c5cncc(N6CCC(N)CC6)n5)c4c3)ccc2c1=O. The van der Waals surface area contributed by atoms with Crippen LogP contribution in [0.2, 0.25) is 0 Å². The average molecular weight is 452 g/mol. The predicted octanol–water partition coefficient (Wildman–Crippen LogP) is 3.47. The van der Waals surface area contributed by atoms with E-state index in [1.165, 1.54) is 0 Å². The maximum atomic E-state index is 12.4. The molecule has 3 N–H and O–H groups in total. The number of aromatic nitrogens is 5. The molecular weight excluding hydrogens is 426 g/mol. The number of nitrogens with one attached hydrogen (secondary N) is 1. The van der Waals surface area contributed by atoms with E-state index in [1.807, 2.05) is 24.3 Å². The number of benzene rings is 2. The van der Waals surface area contributed by atoms with Crippen molar-refractivity contribution in [2.45, 2.75) is 18.9 Å². The van der Waals surface area contributed by atoms with Gasteiger partial charge in [-0.1, -0.05) is 12.1 Å². The summed E-state index contributed by atoms with van der Waals surface area (Å²) >= 11 is 0. The van der Waals surface area contributed by atoms with Crippen molar-refractivity contribution < 1.29 is 0 Å². The van der Waals surface area contributed by atoms with E-state index in [2.05, 4.69) is 38.3 Å². The molecule has 1 fully saturated rings. The van der Waals surface area contributed by atoms with Crippen molar-refractivity contribution in [2.75, 3.05) is 18.0 Å². The van der Waals surface area contributed by atoms with Crippen LogP contribution in [0.5, 0.6) is 0 Å². The highest BCUT2D eigenvalue weighted by molar-refractivity contribution is 5.96. The Morgan fingerprint density at radius 2 is 1.79 bits per heavy atom. The van der Waals surface area contributed by atoms with Crippen LogP contribution in [0.3, 0.4) is 0 Å². The molecule has 6 rings (SSSR count). The number of hydrogen-bond donors (Lipinski definition) is 2. The smallest absolute Gasteiger partial charge is 0.258 e. The number of nitrogens with zero attached hydrogens (tertiary/aromatic N) is 5. The van der Waals surface area contributed by atoms with Gasteiger partial charge >= 0.3 is 0 Å². The zero-order valence-corrected chi connectivity index (χ0v) is 18.9. The minimum absolute atomic E-state index is 0.00534. The molecule has 0 radical (unpaired) electrons. The number of pyridine rings is 1. The lowest BCUT2D eigenvalue weighted by atomic mass is 10.00. The first-order valence-corrected chi connectivity index (χ1v) is 11.5. The molecule has 1 aliphatic rings. The Hall–Kier alpha value is -4.04. The van der Waals surface area contributed by atoms with Crippen LogP contribution in [0.15, 0.2) is 65.8 Å². The third-order valence-corrected chi connectivity index (χ3v) is 6.70. The maximum Gasteiger partial charge on any atom is 0.258 e. The van der Waals surface area contributed by atoms with Gasteiger partial charge in [0.1, 0.15) is 17.2 Å². The molecule has 0 atom stereocenters. The normalized spacial score (nSPS) is 14.8. The van der Waals surface area contributed by atoms with Crippen LogP contribution in [0.1, 0.15) is 12.8 Å². The summed E-state index contributed by atoms with van der Waals surface area (Å²) in [6, 6.07) is 14.4. The van der Waals surface area contributed by atoms with E-state index in [0.29, 0.717) is 5.39 Å². The highest BCUT2D eigenvalue weighted by Crippen LogP contribution is 2.31. The zero-order valence-electron chi connectivity index (χ0n) is 18.9. The second kappa shape index (κ2) is 8.07. The average Bonchev–Trinajstić information content (AvgIpc) is 3.30. The van der Waals surface area contributed by atoms with Crippen LogP contribution < -0.4 is 16.2 Å². The first kappa shape index (κ1) is 20.6. The maximum absolute atomic E-state index is 12.4. The van der Waals surface area contributed by atoms with Gasteiger partial charge in [0.2, 0.25) is 0 Å². The Morgan fingerprint density at radius 1 is 1.00 bits per heavy atom. The van der Waals surface area contributed by atoms with Gasteiger partial charge in [0.05, 0.1) is 17.9 Å². The predicted molar refractivity (Wildman–Crippen MR) is 135 cm³/mol. The Labute approximate surface area is 196 Å². The van der Waals surface area contributed by atoms with Crippen LogP contribution >= 0.6 is 0 Å². The molecule has 1 aliphatic heterocycles. The zero-order chi connectivity index (χ0) is 23.2. The molecule has 0 amide bonds. The van der Waals surface area contributed by atoms with E-state index >= 15 is 0 Å². The minimum atomic E-state index is 0.00534. The number of nitrogens with two attached hydrogens (primary N) is 1. The van der Waals surface area contributed by atoms with E-state index in [-0.39, 0.29) is 11.6 Å². The van der Waals surface area contributed by atoms with Gasteiger partial charge in [-0.15, -0.1) is 0 Å². The molecular formula is C26H25N7O. The van der Waals surface area contributed by atoms with Gasteiger partial charge in [0.15, 0.2) is 0 Å². The van der Waals surface area contributed by atoms with Gasteiger partial charge in [-0.05, 0) is 59.7 Å². The summed E-state index contributed by atoms with van der Waals surface area (Å²) in [5.41, 5.74) is 10.6. The summed E-state index contributed by atoms with van der Waals surface area (Å²) in [4.78, 5) is 24.0. The molecule has 2 aromatic carbocycles. The number of aryl methyl sites for hydroxylation is 1. The molecule has 8 heteroatoms. The van der Waals surface area contributed by atoms with Crippen molar-refractivity contribution in [1.29, 1.82) is 0 Å². The first-order chi connectivity index (χ1) is 16.6.